The fourth-order valence-corrected chi connectivity index (χ4v) is 2.88. The van der Waals surface area contributed by atoms with Crippen molar-refractivity contribution < 1.29 is 9.53 Å². The third kappa shape index (κ3) is 2.85. The van der Waals surface area contributed by atoms with Crippen LogP contribution in [-0.4, -0.2) is 20.1 Å². The molecule has 1 N–H and O–H groups in total. The predicted octanol–water partition coefficient (Wildman–Crippen LogP) is 3.91. The first kappa shape index (κ1) is 14.6. The van der Waals surface area contributed by atoms with E-state index in [0.29, 0.717) is 10.8 Å². The van der Waals surface area contributed by atoms with E-state index in [-0.39, 0.29) is 5.91 Å². The van der Waals surface area contributed by atoms with Crippen LogP contribution in [0, 0.1) is 0 Å². The Morgan fingerprint density at radius 2 is 2.05 bits per heavy atom. The summed E-state index contributed by atoms with van der Waals surface area (Å²) in [6.07, 6.45) is 0. The summed E-state index contributed by atoms with van der Waals surface area (Å²) >= 11 is 1.44. The number of thiophene rings is 1. The zero-order chi connectivity index (χ0) is 14.7. The quantitative estimate of drug-likeness (QED) is 0.927. The summed E-state index contributed by atoms with van der Waals surface area (Å²) in [5, 5.41) is 4.64. The van der Waals surface area contributed by atoms with E-state index < -0.39 is 0 Å². The lowest BCUT2D eigenvalue weighted by Crippen LogP contribution is -2.15. The van der Waals surface area contributed by atoms with Gasteiger partial charge in [0.1, 0.15) is 5.75 Å². The Morgan fingerprint density at radius 3 is 2.65 bits per heavy atom. The second-order valence-electron chi connectivity index (χ2n) is 4.89. The normalized spacial score (nSPS) is 10.7. The summed E-state index contributed by atoms with van der Waals surface area (Å²) in [6, 6.07) is 8.12. The highest BCUT2D eigenvalue weighted by Gasteiger charge is 2.13. The second-order valence-corrected chi connectivity index (χ2v) is 5.80. The van der Waals surface area contributed by atoms with Gasteiger partial charge in [0.25, 0.3) is 5.91 Å². The molecule has 20 heavy (non-hydrogen) atoms. The number of hydrogen-bond donors (Lipinski definition) is 1. The summed E-state index contributed by atoms with van der Waals surface area (Å²) in [7, 11) is 3.31. The van der Waals surface area contributed by atoms with Gasteiger partial charge in [-0.15, -0.1) is 11.3 Å². The van der Waals surface area contributed by atoms with Gasteiger partial charge in [-0.3, -0.25) is 4.79 Å². The Kier molecular flexibility index (Phi) is 4.45. The molecule has 0 spiro atoms. The molecule has 0 radical (unpaired) electrons. The van der Waals surface area contributed by atoms with Crippen LogP contribution in [0.25, 0.3) is 11.1 Å². The molecular formula is C16H19NO2S. The maximum Gasteiger partial charge on any atom is 0.261 e. The Labute approximate surface area is 123 Å². The molecule has 0 fully saturated rings. The smallest absolute Gasteiger partial charge is 0.261 e. The lowest BCUT2D eigenvalue weighted by molar-refractivity contribution is 0.0967. The highest BCUT2D eigenvalue weighted by atomic mass is 32.1. The molecule has 3 nitrogen and oxygen atoms in total. The number of nitrogens with one attached hydrogen (secondary N) is 1. The molecule has 1 aromatic heterocycles. The first-order valence-corrected chi connectivity index (χ1v) is 7.43. The number of ether oxygens (including phenoxy) is 1. The fraction of sp³-hybridized carbons (Fsp3) is 0.312. The van der Waals surface area contributed by atoms with Crippen LogP contribution in [0.3, 0.4) is 0 Å². The maximum atomic E-state index is 11.7. The Hall–Kier alpha value is -1.81. The van der Waals surface area contributed by atoms with Gasteiger partial charge in [0.05, 0.1) is 12.0 Å². The first-order valence-electron chi connectivity index (χ1n) is 6.55. The standard InChI is InChI=1S/C16H19NO2S/c1-10(2)11-5-6-14(19-4)13(7-11)12-8-15(20-9-12)16(18)17-3/h5-10H,1-4H3,(H,17,18). The monoisotopic (exact) mass is 289 g/mol. The maximum absolute atomic E-state index is 11.7. The molecule has 1 amide bonds. The van der Waals surface area contributed by atoms with Crippen molar-refractivity contribution in [2.45, 2.75) is 19.8 Å². The number of hydrogen-bond acceptors (Lipinski definition) is 3. The lowest BCUT2D eigenvalue weighted by Gasteiger charge is -2.11. The lowest BCUT2D eigenvalue weighted by atomic mass is 9.97. The van der Waals surface area contributed by atoms with Gasteiger partial charge in [-0.05, 0) is 40.6 Å². The van der Waals surface area contributed by atoms with Crippen molar-refractivity contribution in [1.82, 2.24) is 5.32 Å². The minimum atomic E-state index is -0.0553. The summed E-state index contributed by atoms with van der Waals surface area (Å²) in [5.41, 5.74) is 3.31. The Morgan fingerprint density at radius 1 is 1.30 bits per heavy atom. The SMILES string of the molecule is CNC(=O)c1cc(-c2cc(C(C)C)ccc2OC)cs1. The molecule has 0 bridgehead atoms. The van der Waals surface area contributed by atoms with Crippen molar-refractivity contribution in [1.29, 1.82) is 0 Å². The molecule has 106 valence electrons. The van der Waals surface area contributed by atoms with Gasteiger partial charge < -0.3 is 10.1 Å². The fourth-order valence-electron chi connectivity index (χ4n) is 2.03. The number of benzene rings is 1. The number of methoxy groups -OCH3 is 1. The van der Waals surface area contributed by atoms with E-state index in [1.807, 2.05) is 17.5 Å². The molecule has 0 aliphatic heterocycles. The number of carbonyl (C=O) groups excluding carboxylic acids is 1. The van der Waals surface area contributed by atoms with Gasteiger partial charge in [0, 0.05) is 12.6 Å². The third-order valence-corrected chi connectivity index (χ3v) is 4.18. The van der Waals surface area contributed by atoms with Crippen LogP contribution in [0.1, 0.15) is 35.0 Å². The molecule has 0 saturated carbocycles. The topological polar surface area (TPSA) is 38.3 Å². The van der Waals surface area contributed by atoms with Crippen LogP contribution in [0.5, 0.6) is 5.75 Å². The van der Waals surface area contributed by atoms with Gasteiger partial charge in [0.15, 0.2) is 0 Å². The molecule has 2 aromatic rings. The van der Waals surface area contributed by atoms with Crippen molar-refractivity contribution in [2.75, 3.05) is 14.2 Å². The van der Waals surface area contributed by atoms with Crippen molar-refractivity contribution in [3.8, 4) is 16.9 Å². The van der Waals surface area contributed by atoms with Crippen LogP contribution < -0.4 is 10.1 Å². The van der Waals surface area contributed by atoms with Crippen molar-refractivity contribution in [3.05, 3.63) is 40.1 Å². The number of amides is 1. The van der Waals surface area contributed by atoms with E-state index in [2.05, 4.69) is 31.3 Å². The van der Waals surface area contributed by atoms with Gasteiger partial charge in [-0.2, -0.15) is 0 Å². The third-order valence-electron chi connectivity index (χ3n) is 3.25. The molecule has 2 rings (SSSR count). The van der Waals surface area contributed by atoms with Crippen LogP contribution in [0.2, 0.25) is 0 Å². The molecule has 1 aromatic carbocycles. The minimum Gasteiger partial charge on any atom is -0.496 e. The van der Waals surface area contributed by atoms with Crippen LogP contribution >= 0.6 is 11.3 Å². The van der Waals surface area contributed by atoms with Crippen LogP contribution in [0.4, 0.5) is 0 Å². The zero-order valence-corrected chi connectivity index (χ0v) is 13.0. The number of carbonyl (C=O) groups is 1. The Bertz CT molecular complexity index is 617. The first-order chi connectivity index (χ1) is 9.56. The highest BCUT2D eigenvalue weighted by Crippen LogP contribution is 2.35. The molecule has 4 heteroatoms. The molecule has 0 aliphatic carbocycles. The molecule has 1 heterocycles. The predicted molar refractivity (Wildman–Crippen MR) is 83.8 cm³/mol. The molecule has 0 aliphatic rings. The molecule has 0 atom stereocenters. The van der Waals surface area contributed by atoms with Gasteiger partial charge in [-0.25, -0.2) is 0 Å². The van der Waals surface area contributed by atoms with E-state index >= 15 is 0 Å². The van der Waals surface area contributed by atoms with Crippen LogP contribution in [0.15, 0.2) is 29.6 Å². The highest BCUT2D eigenvalue weighted by molar-refractivity contribution is 7.12. The number of rotatable bonds is 4. The average Bonchev–Trinajstić information content (AvgIpc) is 2.95. The molecule has 0 saturated heterocycles. The minimum absolute atomic E-state index is 0.0553. The zero-order valence-electron chi connectivity index (χ0n) is 12.2. The largest absolute Gasteiger partial charge is 0.496 e. The van der Waals surface area contributed by atoms with E-state index in [4.69, 9.17) is 4.74 Å². The van der Waals surface area contributed by atoms with Gasteiger partial charge >= 0.3 is 0 Å². The van der Waals surface area contributed by atoms with E-state index in [9.17, 15) is 4.79 Å². The van der Waals surface area contributed by atoms with Gasteiger partial charge in [0.2, 0.25) is 0 Å². The summed E-state index contributed by atoms with van der Waals surface area (Å²) in [5.74, 6) is 1.23. The Balaban J connectivity index is 2.47. The summed E-state index contributed by atoms with van der Waals surface area (Å²) in [6.45, 7) is 4.32. The molecule has 0 unspecified atom stereocenters. The van der Waals surface area contributed by atoms with E-state index in [0.717, 1.165) is 16.9 Å². The summed E-state index contributed by atoms with van der Waals surface area (Å²) < 4.78 is 5.43. The van der Waals surface area contributed by atoms with Gasteiger partial charge in [-0.1, -0.05) is 19.9 Å². The average molecular weight is 289 g/mol. The van der Waals surface area contributed by atoms with E-state index in [1.165, 1.54) is 16.9 Å². The van der Waals surface area contributed by atoms with Crippen molar-refractivity contribution >= 4 is 17.2 Å². The second kappa shape index (κ2) is 6.09. The van der Waals surface area contributed by atoms with Crippen molar-refractivity contribution in [2.24, 2.45) is 0 Å². The molecular weight excluding hydrogens is 270 g/mol. The van der Waals surface area contributed by atoms with Crippen molar-refractivity contribution in [3.63, 3.8) is 0 Å². The van der Waals surface area contributed by atoms with Crippen LogP contribution in [-0.2, 0) is 0 Å². The van der Waals surface area contributed by atoms with E-state index in [1.54, 1.807) is 14.2 Å². The summed E-state index contributed by atoms with van der Waals surface area (Å²) in [4.78, 5) is 12.4.